The number of rotatable bonds is 6. The molecule has 2 aromatic rings. The quantitative estimate of drug-likeness (QED) is 0.823. The first-order chi connectivity index (χ1) is 11.0. The number of aromatic nitrogens is 1. The van der Waals surface area contributed by atoms with Crippen molar-refractivity contribution in [2.24, 2.45) is 0 Å². The number of carboxylic acids is 1. The smallest absolute Gasteiger partial charge is 0.335 e. The van der Waals surface area contributed by atoms with Gasteiger partial charge in [-0.15, -0.1) is 12.4 Å². The first-order valence-electron chi connectivity index (χ1n) is 7.61. The summed E-state index contributed by atoms with van der Waals surface area (Å²) in [4.78, 5) is 27.4. The highest BCUT2D eigenvalue weighted by Gasteiger charge is 2.11. The summed E-state index contributed by atoms with van der Waals surface area (Å²) in [7, 11) is 0. The van der Waals surface area contributed by atoms with Crippen molar-refractivity contribution in [3.63, 3.8) is 0 Å². The van der Waals surface area contributed by atoms with Gasteiger partial charge in [-0.3, -0.25) is 9.78 Å². The lowest BCUT2D eigenvalue weighted by Gasteiger charge is -2.08. The number of aryl methyl sites for hydroxylation is 2. The van der Waals surface area contributed by atoms with E-state index in [2.05, 4.69) is 17.2 Å². The van der Waals surface area contributed by atoms with Crippen LogP contribution in [0.5, 0.6) is 0 Å². The van der Waals surface area contributed by atoms with Gasteiger partial charge < -0.3 is 10.4 Å². The van der Waals surface area contributed by atoms with E-state index in [1.165, 1.54) is 6.07 Å². The Hall–Kier alpha value is -2.40. The number of benzene rings is 1. The molecule has 6 heteroatoms. The number of nitrogens with one attached hydrogen (secondary N) is 1. The molecule has 0 saturated heterocycles. The summed E-state index contributed by atoms with van der Waals surface area (Å²) in [5.41, 5.74) is 2.82. The van der Waals surface area contributed by atoms with E-state index in [1.54, 1.807) is 31.3 Å². The number of hydrogen-bond donors (Lipinski definition) is 2. The van der Waals surface area contributed by atoms with Gasteiger partial charge in [0.25, 0.3) is 5.91 Å². The monoisotopic (exact) mass is 348 g/mol. The molecule has 0 bridgehead atoms. The second-order valence-corrected chi connectivity index (χ2v) is 5.44. The second-order valence-electron chi connectivity index (χ2n) is 5.44. The Morgan fingerprint density at radius 2 is 1.96 bits per heavy atom. The molecular formula is C18H21ClN2O3. The number of unbranched alkanes of at least 4 members (excludes halogenated alkanes) is 1. The third kappa shape index (κ3) is 5.06. The number of aromatic carboxylic acids is 1. The van der Waals surface area contributed by atoms with Crippen LogP contribution in [0.25, 0.3) is 0 Å². The third-order valence-corrected chi connectivity index (χ3v) is 3.59. The fraction of sp³-hybridized carbons (Fsp3) is 0.278. The number of amides is 1. The van der Waals surface area contributed by atoms with Gasteiger partial charge in [-0.25, -0.2) is 4.79 Å². The van der Waals surface area contributed by atoms with Crippen LogP contribution in [-0.4, -0.2) is 22.0 Å². The highest BCUT2D eigenvalue weighted by atomic mass is 35.5. The fourth-order valence-corrected chi connectivity index (χ4v) is 2.26. The summed E-state index contributed by atoms with van der Waals surface area (Å²) < 4.78 is 0. The number of carbonyl (C=O) groups is 2. The highest BCUT2D eigenvalue weighted by molar-refractivity contribution is 6.03. The van der Waals surface area contributed by atoms with Crippen molar-refractivity contribution >= 4 is 30.0 Å². The minimum absolute atomic E-state index is 0. The summed E-state index contributed by atoms with van der Waals surface area (Å²) in [6.45, 7) is 3.83. The molecular weight excluding hydrogens is 328 g/mol. The average molecular weight is 349 g/mol. The van der Waals surface area contributed by atoms with Crippen LogP contribution >= 0.6 is 12.4 Å². The molecule has 2 N–H and O–H groups in total. The number of carboxylic acid groups (broad SMARTS) is 1. The lowest BCUT2D eigenvalue weighted by molar-refractivity contribution is 0.0696. The molecule has 0 radical (unpaired) electrons. The summed E-state index contributed by atoms with van der Waals surface area (Å²) >= 11 is 0. The maximum atomic E-state index is 12.2. The molecule has 0 aliphatic carbocycles. The SMILES string of the molecule is CCCCc1ccc(C(=O)Nc2ccc(C(=O)O)c(C)c2)nc1.Cl. The van der Waals surface area contributed by atoms with Crippen molar-refractivity contribution in [1.29, 1.82) is 0 Å². The van der Waals surface area contributed by atoms with Crippen LogP contribution in [0.3, 0.4) is 0 Å². The van der Waals surface area contributed by atoms with Gasteiger partial charge in [0.05, 0.1) is 5.56 Å². The van der Waals surface area contributed by atoms with Gasteiger partial charge in [0.15, 0.2) is 0 Å². The molecule has 2 rings (SSSR count). The Morgan fingerprint density at radius 3 is 2.50 bits per heavy atom. The topological polar surface area (TPSA) is 79.3 Å². The van der Waals surface area contributed by atoms with Crippen LogP contribution in [0.15, 0.2) is 36.5 Å². The van der Waals surface area contributed by atoms with E-state index in [0.29, 0.717) is 16.9 Å². The maximum absolute atomic E-state index is 12.2. The first kappa shape index (κ1) is 19.6. The average Bonchev–Trinajstić information content (AvgIpc) is 2.53. The zero-order valence-electron chi connectivity index (χ0n) is 13.7. The molecule has 0 unspecified atom stereocenters. The predicted octanol–water partition coefficient (Wildman–Crippen LogP) is 4.10. The molecule has 0 fully saturated rings. The highest BCUT2D eigenvalue weighted by Crippen LogP contribution is 2.16. The van der Waals surface area contributed by atoms with Gasteiger partial charge in [0.2, 0.25) is 0 Å². The van der Waals surface area contributed by atoms with Crippen molar-refractivity contribution in [2.75, 3.05) is 5.32 Å². The molecule has 1 aromatic carbocycles. The molecule has 128 valence electrons. The molecule has 0 spiro atoms. The lowest BCUT2D eigenvalue weighted by atomic mass is 10.1. The van der Waals surface area contributed by atoms with Crippen molar-refractivity contribution in [3.05, 3.63) is 58.9 Å². The summed E-state index contributed by atoms with van der Waals surface area (Å²) in [6, 6.07) is 8.31. The lowest BCUT2D eigenvalue weighted by Crippen LogP contribution is -2.14. The molecule has 0 aliphatic rings. The van der Waals surface area contributed by atoms with E-state index < -0.39 is 5.97 Å². The van der Waals surface area contributed by atoms with E-state index in [4.69, 9.17) is 5.11 Å². The Morgan fingerprint density at radius 1 is 1.21 bits per heavy atom. The van der Waals surface area contributed by atoms with Crippen molar-refractivity contribution in [1.82, 2.24) is 4.98 Å². The van der Waals surface area contributed by atoms with Gasteiger partial charge in [-0.2, -0.15) is 0 Å². The minimum Gasteiger partial charge on any atom is -0.478 e. The van der Waals surface area contributed by atoms with Crippen molar-refractivity contribution in [2.45, 2.75) is 33.1 Å². The van der Waals surface area contributed by atoms with E-state index in [1.807, 2.05) is 6.07 Å². The van der Waals surface area contributed by atoms with Crippen molar-refractivity contribution < 1.29 is 14.7 Å². The Balaban J connectivity index is 0.00000288. The number of halogens is 1. The largest absolute Gasteiger partial charge is 0.478 e. The second kappa shape index (κ2) is 9.03. The zero-order valence-corrected chi connectivity index (χ0v) is 14.5. The van der Waals surface area contributed by atoms with Crippen LogP contribution in [0.4, 0.5) is 5.69 Å². The first-order valence-corrected chi connectivity index (χ1v) is 7.61. The number of hydrogen-bond acceptors (Lipinski definition) is 3. The van der Waals surface area contributed by atoms with E-state index in [-0.39, 0.29) is 23.9 Å². The summed E-state index contributed by atoms with van der Waals surface area (Å²) in [5.74, 6) is -1.29. The van der Waals surface area contributed by atoms with E-state index in [0.717, 1.165) is 24.8 Å². The number of carbonyl (C=O) groups excluding carboxylic acids is 1. The summed E-state index contributed by atoms with van der Waals surface area (Å²) in [5, 5.41) is 11.7. The number of anilines is 1. The maximum Gasteiger partial charge on any atom is 0.335 e. The van der Waals surface area contributed by atoms with Gasteiger partial charge in [0, 0.05) is 11.9 Å². The van der Waals surface area contributed by atoms with Gasteiger partial charge >= 0.3 is 5.97 Å². The minimum atomic E-state index is -0.982. The van der Waals surface area contributed by atoms with Gasteiger partial charge in [-0.1, -0.05) is 19.4 Å². The molecule has 1 amide bonds. The van der Waals surface area contributed by atoms with Crippen molar-refractivity contribution in [3.8, 4) is 0 Å². The van der Waals surface area contributed by atoms with Gasteiger partial charge in [-0.05, 0) is 55.2 Å². The molecule has 1 heterocycles. The fourth-order valence-electron chi connectivity index (χ4n) is 2.26. The number of nitrogens with zero attached hydrogens (tertiary/aromatic N) is 1. The summed E-state index contributed by atoms with van der Waals surface area (Å²) in [6.07, 6.45) is 4.90. The molecule has 24 heavy (non-hydrogen) atoms. The van der Waals surface area contributed by atoms with Crippen LogP contribution < -0.4 is 5.32 Å². The van der Waals surface area contributed by atoms with E-state index >= 15 is 0 Å². The molecule has 1 aromatic heterocycles. The molecule has 0 atom stereocenters. The molecule has 5 nitrogen and oxygen atoms in total. The van der Waals surface area contributed by atoms with Crippen LogP contribution in [-0.2, 0) is 6.42 Å². The predicted molar refractivity (Wildman–Crippen MR) is 96.2 cm³/mol. The standard InChI is InChI=1S/C18H20N2O3.ClH/c1-3-4-5-13-6-9-16(19-11-13)17(21)20-14-7-8-15(18(22)23)12(2)10-14;/h6-11H,3-5H2,1-2H3,(H,20,21)(H,22,23);1H. The Bertz CT molecular complexity index is 715. The Labute approximate surface area is 147 Å². The zero-order chi connectivity index (χ0) is 16.8. The molecule has 0 saturated carbocycles. The van der Waals surface area contributed by atoms with Crippen LogP contribution in [0, 0.1) is 6.92 Å². The van der Waals surface area contributed by atoms with Crippen LogP contribution in [0.2, 0.25) is 0 Å². The third-order valence-electron chi connectivity index (χ3n) is 3.59. The normalized spacial score (nSPS) is 9.92. The molecule has 0 aliphatic heterocycles. The van der Waals surface area contributed by atoms with E-state index in [9.17, 15) is 9.59 Å². The Kier molecular flexibility index (Phi) is 7.39. The van der Waals surface area contributed by atoms with Crippen LogP contribution in [0.1, 0.15) is 51.7 Å². The number of pyridine rings is 1. The van der Waals surface area contributed by atoms with Gasteiger partial charge in [0.1, 0.15) is 5.69 Å².